The fourth-order valence-electron chi connectivity index (χ4n) is 3.61. The number of anilines is 2. The van der Waals surface area contributed by atoms with Crippen LogP contribution < -0.4 is 15.5 Å². The van der Waals surface area contributed by atoms with Gasteiger partial charge in [-0.15, -0.1) is 0 Å². The molecule has 2 N–H and O–H groups in total. The third-order valence-corrected chi connectivity index (χ3v) is 5.29. The Morgan fingerprint density at radius 2 is 1.82 bits per heavy atom. The topological polar surface area (TPSA) is 70.2 Å². The molecule has 28 heavy (non-hydrogen) atoms. The lowest BCUT2D eigenvalue weighted by molar-refractivity contribution is 0.0926. The largest absolute Gasteiger partial charge is 0.363 e. The van der Waals surface area contributed by atoms with E-state index in [1.165, 1.54) is 5.56 Å². The molecular weight excluding hydrogens is 350 g/mol. The van der Waals surface area contributed by atoms with Gasteiger partial charge in [-0.1, -0.05) is 19.1 Å². The van der Waals surface area contributed by atoms with Crippen molar-refractivity contribution in [2.75, 3.05) is 24.3 Å². The van der Waals surface area contributed by atoms with Crippen LogP contribution in [-0.2, 0) is 6.42 Å². The van der Waals surface area contributed by atoms with Gasteiger partial charge < -0.3 is 15.5 Å². The van der Waals surface area contributed by atoms with Crippen LogP contribution in [0, 0.1) is 6.92 Å². The Balaban J connectivity index is 1.52. The van der Waals surface area contributed by atoms with Crippen molar-refractivity contribution in [2.24, 2.45) is 0 Å². The molecule has 1 fully saturated rings. The summed E-state index contributed by atoms with van der Waals surface area (Å²) in [6.45, 7) is 4.09. The molecule has 0 spiro atoms. The fourth-order valence-corrected chi connectivity index (χ4v) is 3.61. The van der Waals surface area contributed by atoms with Gasteiger partial charge in [0, 0.05) is 43.5 Å². The van der Waals surface area contributed by atoms with Crippen LogP contribution in [0.1, 0.15) is 54.2 Å². The molecule has 0 bridgehead atoms. The molecule has 1 saturated carbocycles. The number of hydrogen-bond acceptors (Lipinski definition) is 5. The Bertz CT molecular complexity index is 812. The SMILES string of the molecule is CCc1cccc(C(=O)N[C@H]2CC[C@@H](Nc3nc(C)cc(N(C)C)n3)CC2)c1. The van der Waals surface area contributed by atoms with Gasteiger partial charge in [-0.25, -0.2) is 4.98 Å². The highest BCUT2D eigenvalue weighted by atomic mass is 16.1. The number of benzene rings is 1. The lowest BCUT2D eigenvalue weighted by Crippen LogP contribution is -2.40. The van der Waals surface area contributed by atoms with Crippen molar-refractivity contribution in [1.29, 1.82) is 0 Å². The quantitative estimate of drug-likeness (QED) is 0.801. The second-order valence-corrected chi connectivity index (χ2v) is 7.81. The maximum Gasteiger partial charge on any atom is 0.251 e. The first-order chi connectivity index (χ1) is 13.4. The minimum absolute atomic E-state index is 0.0318. The van der Waals surface area contributed by atoms with Crippen LogP contribution in [0.3, 0.4) is 0 Å². The summed E-state index contributed by atoms with van der Waals surface area (Å²) in [7, 11) is 3.96. The minimum Gasteiger partial charge on any atom is -0.363 e. The number of hydrogen-bond donors (Lipinski definition) is 2. The van der Waals surface area contributed by atoms with E-state index in [0.717, 1.165) is 49.2 Å². The molecule has 0 radical (unpaired) electrons. The molecule has 0 saturated heterocycles. The van der Waals surface area contributed by atoms with Gasteiger partial charge in [0.2, 0.25) is 5.95 Å². The molecule has 6 nitrogen and oxygen atoms in total. The first-order valence-electron chi connectivity index (χ1n) is 10.1. The van der Waals surface area contributed by atoms with Gasteiger partial charge in [-0.2, -0.15) is 4.98 Å². The number of carbonyl (C=O) groups excluding carboxylic acids is 1. The lowest BCUT2D eigenvalue weighted by atomic mass is 9.91. The summed E-state index contributed by atoms with van der Waals surface area (Å²) >= 11 is 0. The summed E-state index contributed by atoms with van der Waals surface area (Å²) in [4.78, 5) is 23.6. The number of rotatable bonds is 6. The number of nitrogens with zero attached hydrogens (tertiary/aromatic N) is 3. The van der Waals surface area contributed by atoms with Crippen LogP contribution in [0.2, 0.25) is 0 Å². The molecule has 2 aromatic rings. The van der Waals surface area contributed by atoms with Gasteiger partial charge >= 0.3 is 0 Å². The summed E-state index contributed by atoms with van der Waals surface area (Å²) < 4.78 is 0. The molecule has 1 aliphatic carbocycles. The normalized spacial score (nSPS) is 19.1. The van der Waals surface area contributed by atoms with E-state index in [2.05, 4.69) is 33.6 Å². The van der Waals surface area contributed by atoms with Gasteiger partial charge in [0.25, 0.3) is 5.91 Å². The van der Waals surface area contributed by atoms with Gasteiger partial charge in [0.15, 0.2) is 0 Å². The molecule has 1 amide bonds. The molecule has 1 aromatic heterocycles. The van der Waals surface area contributed by atoms with Crippen molar-refractivity contribution >= 4 is 17.7 Å². The van der Waals surface area contributed by atoms with Crippen LogP contribution >= 0.6 is 0 Å². The number of aryl methyl sites for hydroxylation is 2. The fraction of sp³-hybridized carbons (Fsp3) is 0.500. The second-order valence-electron chi connectivity index (χ2n) is 7.81. The van der Waals surface area contributed by atoms with E-state index in [0.29, 0.717) is 12.0 Å². The van der Waals surface area contributed by atoms with Gasteiger partial charge in [0.05, 0.1) is 0 Å². The maximum atomic E-state index is 12.5. The van der Waals surface area contributed by atoms with Crippen molar-refractivity contribution in [1.82, 2.24) is 15.3 Å². The van der Waals surface area contributed by atoms with Crippen LogP contribution in [0.4, 0.5) is 11.8 Å². The van der Waals surface area contributed by atoms with E-state index in [4.69, 9.17) is 0 Å². The molecule has 1 aliphatic rings. The van der Waals surface area contributed by atoms with E-state index < -0.39 is 0 Å². The Hall–Kier alpha value is -2.63. The minimum atomic E-state index is 0.0318. The number of aromatic nitrogens is 2. The third-order valence-electron chi connectivity index (χ3n) is 5.29. The zero-order valence-corrected chi connectivity index (χ0v) is 17.3. The Labute approximate surface area is 167 Å². The Morgan fingerprint density at radius 1 is 1.11 bits per heavy atom. The first-order valence-corrected chi connectivity index (χ1v) is 10.1. The average Bonchev–Trinajstić information content (AvgIpc) is 2.69. The predicted molar refractivity (Wildman–Crippen MR) is 114 cm³/mol. The molecular formula is C22H31N5O. The number of amides is 1. The van der Waals surface area contributed by atoms with Crippen LogP contribution in [0.5, 0.6) is 0 Å². The number of carbonyl (C=O) groups is 1. The van der Waals surface area contributed by atoms with Crippen LogP contribution in [0.15, 0.2) is 30.3 Å². The third kappa shape index (κ3) is 5.21. The highest BCUT2D eigenvalue weighted by Gasteiger charge is 2.23. The molecule has 0 atom stereocenters. The monoisotopic (exact) mass is 381 g/mol. The van der Waals surface area contributed by atoms with Crippen molar-refractivity contribution in [3.8, 4) is 0 Å². The summed E-state index contributed by atoms with van der Waals surface area (Å²) in [5, 5.41) is 6.68. The first kappa shape index (κ1) is 20.1. The van der Waals surface area contributed by atoms with Crippen molar-refractivity contribution in [3.63, 3.8) is 0 Å². The number of nitrogens with one attached hydrogen (secondary N) is 2. The lowest BCUT2D eigenvalue weighted by Gasteiger charge is -2.30. The molecule has 3 rings (SSSR count). The van der Waals surface area contributed by atoms with E-state index in [-0.39, 0.29) is 11.9 Å². The van der Waals surface area contributed by atoms with Gasteiger partial charge in [-0.3, -0.25) is 4.79 Å². The smallest absolute Gasteiger partial charge is 0.251 e. The zero-order chi connectivity index (χ0) is 20.1. The van der Waals surface area contributed by atoms with E-state index in [1.54, 1.807) is 0 Å². The highest BCUT2D eigenvalue weighted by Crippen LogP contribution is 2.22. The Kier molecular flexibility index (Phi) is 6.49. The molecule has 6 heteroatoms. The molecule has 0 unspecified atom stereocenters. The second kappa shape index (κ2) is 9.04. The highest BCUT2D eigenvalue weighted by molar-refractivity contribution is 5.94. The van der Waals surface area contributed by atoms with Gasteiger partial charge in [0.1, 0.15) is 5.82 Å². The standard InChI is InChI=1S/C22H31N5O/c1-5-16-7-6-8-17(14-16)21(28)24-18-9-11-19(12-10-18)25-22-23-15(2)13-20(26-22)27(3)4/h6-8,13-14,18-19H,5,9-12H2,1-4H3,(H,24,28)(H,23,25,26)/t18-,19+. The molecule has 1 heterocycles. The van der Waals surface area contributed by atoms with E-state index in [1.807, 2.05) is 50.2 Å². The van der Waals surface area contributed by atoms with Gasteiger partial charge in [-0.05, 0) is 56.7 Å². The van der Waals surface area contributed by atoms with E-state index in [9.17, 15) is 4.79 Å². The van der Waals surface area contributed by atoms with Crippen molar-refractivity contribution < 1.29 is 4.79 Å². The van der Waals surface area contributed by atoms with Crippen LogP contribution in [-0.4, -0.2) is 42.1 Å². The summed E-state index contributed by atoms with van der Waals surface area (Å²) in [6, 6.07) is 10.4. The summed E-state index contributed by atoms with van der Waals surface area (Å²) in [6.07, 6.45) is 4.85. The zero-order valence-electron chi connectivity index (χ0n) is 17.3. The summed E-state index contributed by atoms with van der Waals surface area (Å²) in [5.74, 6) is 1.63. The Morgan fingerprint density at radius 3 is 2.50 bits per heavy atom. The van der Waals surface area contributed by atoms with E-state index >= 15 is 0 Å². The van der Waals surface area contributed by atoms with Crippen LogP contribution in [0.25, 0.3) is 0 Å². The maximum absolute atomic E-state index is 12.5. The summed E-state index contributed by atoms with van der Waals surface area (Å²) in [5.41, 5.74) is 2.90. The molecule has 0 aliphatic heterocycles. The van der Waals surface area contributed by atoms with Crippen molar-refractivity contribution in [3.05, 3.63) is 47.2 Å². The van der Waals surface area contributed by atoms with Crippen molar-refractivity contribution in [2.45, 2.75) is 58.0 Å². The predicted octanol–water partition coefficient (Wildman–Crippen LogP) is 3.57. The molecule has 1 aromatic carbocycles. The molecule has 150 valence electrons. The average molecular weight is 382 g/mol.